The molecule has 2 aromatic heterocycles. The maximum absolute atomic E-state index is 12.8. The van der Waals surface area contributed by atoms with Gasteiger partial charge < -0.3 is 5.11 Å². The molecule has 3 rings (SSSR count). The summed E-state index contributed by atoms with van der Waals surface area (Å²) < 4.78 is 14.2. The lowest BCUT2D eigenvalue weighted by molar-refractivity contribution is 0.0696. The maximum atomic E-state index is 12.8. The molecule has 0 aliphatic rings. The summed E-state index contributed by atoms with van der Waals surface area (Å²) in [6.07, 6.45) is 1.33. The summed E-state index contributed by atoms with van der Waals surface area (Å²) in [4.78, 5) is 31.2. The number of hydrogen-bond acceptors (Lipinski definition) is 5. The predicted octanol–water partition coefficient (Wildman–Crippen LogP) is 1.74. The summed E-state index contributed by atoms with van der Waals surface area (Å²) in [6, 6.07) is 5.74. The van der Waals surface area contributed by atoms with Gasteiger partial charge in [0.15, 0.2) is 10.3 Å². The fourth-order valence-corrected chi connectivity index (χ4v) is 2.58. The number of thiazole rings is 1. The lowest BCUT2D eigenvalue weighted by Gasteiger charge is -2.04. The molecule has 106 valence electrons. The van der Waals surface area contributed by atoms with Crippen LogP contribution in [-0.2, 0) is 6.54 Å². The van der Waals surface area contributed by atoms with Gasteiger partial charge in [-0.25, -0.2) is 19.2 Å². The molecular formula is C13H8FN3O3S. The van der Waals surface area contributed by atoms with Crippen molar-refractivity contribution >= 4 is 27.7 Å². The molecule has 3 aromatic rings. The Morgan fingerprint density at radius 1 is 1.33 bits per heavy atom. The molecule has 1 N–H and O–H groups in total. The molecule has 0 unspecified atom stereocenters. The van der Waals surface area contributed by atoms with E-state index in [4.69, 9.17) is 5.11 Å². The van der Waals surface area contributed by atoms with Crippen LogP contribution in [0.15, 0.2) is 35.4 Å². The van der Waals surface area contributed by atoms with E-state index in [1.165, 1.54) is 23.0 Å². The van der Waals surface area contributed by atoms with Crippen molar-refractivity contribution in [2.24, 2.45) is 0 Å². The summed E-state index contributed by atoms with van der Waals surface area (Å²) in [5.41, 5.74) is 0.337. The first-order valence-corrected chi connectivity index (χ1v) is 6.70. The monoisotopic (exact) mass is 305 g/mol. The van der Waals surface area contributed by atoms with Gasteiger partial charge in [0.2, 0.25) is 5.01 Å². The molecule has 0 saturated carbocycles. The number of fused-ring (bicyclic) bond motifs is 1. The number of nitrogens with zero attached hydrogens (tertiary/aromatic N) is 3. The van der Waals surface area contributed by atoms with Gasteiger partial charge in [-0.1, -0.05) is 23.5 Å². The lowest BCUT2D eigenvalue weighted by Crippen LogP contribution is -2.21. The topological polar surface area (TPSA) is 85.1 Å². The van der Waals surface area contributed by atoms with Crippen LogP contribution in [0.5, 0.6) is 0 Å². The Bertz CT molecular complexity index is 886. The molecule has 6 nitrogen and oxygen atoms in total. The van der Waals surface area contributed by atoms with Gasteiger partial charge in [0.1, 0.15) is 5.82 Å². The van der Waals surface area contributed by atoms with E-state index in [9.17, 15) is 14.0 Å². The van der Waals surface area contributed by atoms with E-state index in [0.717, 1.165) is 16.9 Å². The molecule has 8 heteroatoms. The zero-order valence-electron chi connectivity index (χ0n) is 10.5. The van der Waals surface area contributed by atoms with Crippen LogP contribution in [0.25, 0.3) is 10.3 Å². The molecule has 0 saturated heterocycles. The second-order valence-electron chi connectivity index (χ2n) is 4.28. The molecule has 1 aromatic carbocycles. The van der Waals surface area contributed by atoms with Crippen molar-refractivity contribution in [2.45, 2.75) is 6.54 Å². The molecule has 0 aliphatic heterocycles. The van der Waals surface area contributed by atoms with E-state index in [1.807, 2.05) is 0 Å². The van der Waals surface area contributed by atoms with Gasteiger partial charge in [0.25, 0.3) is 5.56 Å². The molecule has 21 heavy (non-hydrogen) atoms. The van der Waals surface area contributed by atoms with E-state index in [1.54, 1.807) is 12.1 Å². The number of carboxylic acid groups (broad SMARTS) is 1. The number of aromatic carboxylic acids is 1. The molecule has 0 amide bonds. The van der Waals surface area contributed by atoms with E-state index < -0.39 is 11.5 Å². The number of benzene rings is 1. The minimum absolute atomic E-state index is 0.0296. The van der Waals surface area contributed by atoms with Gasteiger partial charge in [-0.05, 0) is 17.7 Å². The van der Waals surface area contributed by atoms with E-state index in [2.05, 4.69) is 9.97 Å². The molecule has 0 spiro atoms. The average molecular weight is 305 g/mol. The van der Waals surface area contributed by atoms with Crippen molar-refractivity contribution in [1.82, 2.24) is 14.5 Å². The number of rotatable bonds is 3. The molecule has 0 aliphatic carbocycles. The third-order valence-corrected chi connectivity index (χ3v) is 3.79. The Balaban J connectivity index is 2.03. The SMILES string of the molecule is O=C(O)c1nc2c(=O)n(Cc3ccc(F)cc3)cnc2s1. The summed E-state index contributed by atoms with van der Waals surface area (Å²) >= 11 is 0.852. The first-order chi connectivity index (χ1) is 10.0. The van der Waals surface area contributed by atoms with Crippen molar-refractivity contribution in [1.29, 1.82) is 0 Å². The predicted molar refractivity (Wildman–Crippen MR) is 74.1 cm³/mol. The zero-order valence-corrected chi connectivity index (χ0v) is 11.3. The van der Waals surface area contributed by atoms with Crippen LogP contribution in [0, 0.1) is 5.82 Å². The van der Waals surface area contributed by atoms with Crippen LogP contribution >= 0.6 is 11.3 Å². The molecule has 0 fully saturated rings. The molecular weight excluding hydrogens is 297 g/mol. The van der Waals surface area contributed by atoms with Crippen LogP contribution in [0.4, 0.5) is 4.39 Å². The Morgan fingerprint density at radius 2 is 2.05 bits per heavy atom. The molecule has 0 radical (unpaired) electrons. The van der Waals surface area contributed by atoms with Gasteiger partial charge in [-0.2, -0.15) is 0 Å². The summed E-state index contributed by atoms with van der Waals surface area (Å²) in [6.45, 7) is 0.210. The standard InChI is InChI=1S/C13H8FN3O3S/c14-8-3-1-7(2-4-8)5-17-6-15-10-9(12(17)18)16-11(21-10)13(19)20/h1-4,6H,5H2,(H,19,20). The summed E-state index contributed by atoms with van der Waals surface area (Å²) in [5.74, 6) is -1.55. The summed E-state index contributed by atoms with van der Waals surface area (Å²) in [5, 5.41) is 8.71. The van der Waals surface area contributed by atoms with Gasteiger partial charge in [-0.15, -0.1) is 0 Å². The van der Waals surface area contributed by atoms with Crippen molar-refractivity contribution < 1.29 is 14.3 Å². The van der Waals surface area contributed by atoms with E-state index in [0.29, 0.717) is 0 Å². The second-order valence-corrected chi connectivity index (χ2v) is 5.26. The van der Waals surface area contributed by atoms with Crippen molar-refractivity contribution in [2.75, 3.05) is 0 Å². The summed E-state index contributed by atoms with van der Waals surface area (Å²) in [7, 11) is 0. The highest BCUT2D eigenvalue weighted by Crippen LogP contribution is 2.16. The number of carboxylic acids is 1. The molecule has 2 heterocycles. The fourth-order valence-electron chi connectivity index (χ4n) is 1.84. The largest absolute Gasteiger partial charge is 0.476 e. The van der Waals surface area contributed by atoms with Crippen LogP contribution in [0.3, 0.4) is 0 Å². The second kappa shape index (κ2) is 5.06. The van der Waals surface area contributed by atoms with Crippen LogP contribution in [-0.4, -0.2) is 25.6 Å². The highest BCUT2D eigenvalue weighted by Gasteiger charge is 2.15. The minimum Gasteiger partial charge on any atom is -0.476 e. The van der Waals surface area contributed by atoms with E-state index >= 15 is 0 Å². The highest BCUT2D eigenvalue weighted by atomic mass is 32.1. The normalized spacial score (nSPS) is 10.9. The Morgan fingerprint density at radius 3 is 2.71 bits per heavy atom. The first-order valence-electron chi connectivity index (χ1n) is 5.88. The molecule has 0 bridgehead atoms. The number of halogens is 1. The minimum atomic E-state index is -1.19. The van der Waals surface area contributed by atoms with Crippen molar-refractivity contribution in [3.8, 4) is 0 Å². The number of carbonyl (C=O) groups is 1. The van der Waals surface area contributed by atoms with Crippen LogP contribution < -0.4 is 5.56 Å². The Hall–Kier alpha value is -2.61. The van der Waals surface area contributed by atoms with Gasteiger partial charge >= 0.3 is 5.97 Å². The first kappa shape index (κ1) is 13.4. The van der Waals surface area contributed by atoms with Gasteiger partial charge in [0.05, 0.1) is 12.9 Å². The smallest absolute Gasteiger partial charge is 0.365 e. The Kier molecular flexibility index (Phi) is 3.22. The van der Waals surface area contributed by atoms with Crippen LogP contribution in [0.1, 0.15) is 15.4 Å². The average Bonchev–Trinajstić information content (AvgIpc) is 2.89. The molecule has 0 atom stereocenters. The van der Waals surface area contributed by atoms with Crippen LogP contribution in [0.2, 0.25) is 0 Å². The van der Waals surface area contributed by atoms with Gasteiger partial charge in [0, 0.05) is 0 Å². The Labute approximate surface area is 121 Å². The highest BCUT2D eigenvalue weighted by molar-refractivity contribution is 7.19. The number of aromatic nitrogens is 3. The lowest BCUT2D eigenvalue weighted by atomic mass is 10.2. The van der Waals surface area contributed by atoms with Crippen molar-refractivity contribution in [3.63, 3.8) is 0 Å². The van der Waals surface area contributed by atoms with Crippen molar-refractivity contribution in [3.05, 3.63) is 57.3 Å². The maximum Gasteiger partial charge on any atom is 0.365 e. The third kappa shape index (κ3) is 2.52. The van der Waals surface area contributed by atoms with Gasteiger partial charge in [-0.3, -0.25) is 9.36 Å². The van der Waals surface area contributed by atoms with E-state index in [-0.39, 0.29) is 27.7 Å². The number of hydrogen-bond donors (Lipinski definition) is 1. The fraction of sp³-hybridized carbons (Fsp3) is 0.0769. The quantitative estimate of drug-likeness (QED) is 0.796. The third-order valence-electron chi connectivity index (χ3n) is 2.84. The zero-order chi connectivity index (χ0) is 15.0.